The highest BCUT2D eigenvalue weighted by Crippen LogP contribution is 2.53. The van der Waals surface area contributed by atoms with Crippen LogP contribution < -0.4 is 19.7 Å². The first kappa shape index (κ1) is 116. The number of phosphoric acid groups is 1. The molecule has 2 heterocycles. The standard InChI is InChI=1S/C111H163Cl3FN2O19P/c1-5-9-13-17-21-25-26-30-34-38-60-76-99(119)130-92(70-54-36-32-28-23-19-15-11-7-3)78-80-125-106-101(117-110(122)129-86-111(112,113)114)109(132-96(82-115)104(106)136-137(123,134-93-71-56-43-57-72-93)135-94-73-58-44-59-74-94)128-85-97-102(120)105(124-79-77-91(126-83-87-61-45-39-46-62-87)69-53-35-31-27-22-18-14-10-6-2)100(107(131-97)108(121)133-103(89-65-49-41-50-66-89)90-67-51-42-52-68-90)116-98(118)81-95(127-84-88-63-47-40-48-64-88)75-55-37-33-29-24-20-16-12-8-4/h39-52,56-59,61-68,71-74,91-92,95-97,100-107,109,120H,5-38,53-55,60,69-70,75-86H2,1-4H3,(H,116,118)(H,117,122)/t91-,92-,95-,96-,97-,100-,101-,102-,104-,105-,106-,107+,109-/m1/s1. The van der Waals surface area contributed by atoms with Crippen LogP contribution in [0.1, 0.15) is 345 Å². The predicted octanol–water partition coefficient (Wildman–Crippen LogP) is 28.2. The molecule has 8 rings (SSSR count). The minimum atomic E-state index is -5.08. The monoisotopic (exact) mass is 1980 g/mol. The Labute approximate surface area is 834 Å². The second-order valence-electron chi connectivity index (χ2n) is 37.1. The predicted molar refractivity (Wildman–Crippen MR) is 543 cm³/mol. The molecule has 764 valence electrons. The fraction of sp³-hybridized carbons (Fsp3) is 0.640. The van der Waals surface area contributed by atoms with Crippen LogP contribution in [0, 0.1) is 0 Å². The molecular weight excluding hydrogens is 1820 g/mol. The van der Waals surface area contributed by atoms with Crippen molar-refractivity contribution < 1.29 is 94.2 Å². The van der Waals surface area contributed by atoms with Crippen molar-refractivity contribution in [3.05, 3.63) is 204 Å². The molecule has 137 heavy (non-hydrogen) atoms. The summed E-state index contributed by atoms with van der Waals surface area (Å²) in [5.41, 5.74) is 3.13. The number of hydrogen-bond acceptors (Lipinski definition) is 19. The number of nitrogens with one attached hydrogen (secondary N) is 2. The molecule has 6 aromatic rings. The number of rotatable bonds is 76. The van der Waals surface area contributed by atoms with Gasteiger partial charge in [0.2, 0.25) is 9.70 Å². The minimum Gasteiger partial charge on any atom is -0.462 e. The quantitative estimate of drug-likeness (QED) is 0.0106. The molecule has 3 N–H and O–H groups in total. The highest BCUT2D eigenvalue weighted by atomic mass is 35.6. The van der Waals surface area contributed by atoms with Crippen LogP contribution >= 0.6 is 42.6 Å². The second-order valence-corrected chi connectivity index (χ2v) is 41.1. The van der Waals surface area contributed by atoms with E-state index in [0.717, 1.165) is 133 Å². The van der Waals surface area contributed by atoms with Gasteiger partial charge in [0.05, 0.1) is 51.1 Å². The fourth-order valence-electron chi connectivity index (χ4n) is 17.8. The lowest BCUT2D eigenvalue weighted by atomic mass is 9.91. The molecule has 0 bridgehead atoms. The van der Waals surface area contributed by atoms with Gasteiger partial charge in [0, 0.05) is 19.4 Å². The largest absolute Gasteiger partial charge is 0.588 e. The van der Waals surface area contributed by atoms with Gasteiger partial charge in [-0.1, -0.05) is 451 Å². The lowest BCUT2D eigenvalue weighted by Gasteiger charge is -2.47. The molecule has 13 atom stereocenters. The maximum atomic E-state index is 17.0. The van der Waals surface area contributed by atoms with E-state index in [1.54, 1.807) is 36.4 Å². The van der Waals surface area contributed by atoms with Gasteiger partial charge in [-0.3, -0.25) is 14.1 Å². The number of amides is 2. The molecule has 6 aromatic carbocycles. The summed E-state index contributed by atoms with van der Waals surface area (Å²) < 4.78 is 117. The van der Waals surface area contributed by atoms with Crippen molar-refractivity contribution in [3.63, 3.8) is 0 Å². The van der Waals surface area contributed by atoms with E-state index in [4.69, 9.17) is 95.7 Å². The lowest BCUT2D eigenvalue weighted by Crippen LogP contribution is -2.68. The van der Waals surface area contributed by atoms with Gasteiger partial charge in [-0.2, -0.15) is 0 Å². The number of benzene rings is 6. The van der Waals surface area contributed by atoms with Crippen molar-refractivity contribution in [1.82, 2.24) is 10.6 Å². The third-order valence-corrected chi connectivity index (χ3v) is 27.2. The Morgan fingerprint density at radius 3 is 1.27 bits per heavy atom. The number of carbonyl (C=O) groups excluding carboxylic acids is 4. The number of esters is 2. The lowest BCUT2D eigenvalue weighted by molar-refractivity contribution is -0.286. The Balaban J connectivity index is 1.19. The molecular formula is C111H163Cl3FN2O19P. The van der Waals surface area contributed by atoms with E-state index in [1.807, 2.05) is 121 Å². The molecule has 2 amide bonds. The van der Waals surface area contributed by atoms with Gasteiger partial charge in [-0.15, -0.1) is 0 Å². The van der Waals surface area contributed by atoms with Crippen LogP contribution in [0.2, 0.25) is 0 Å². The highest BCUT2D eigenvalue weighted by molar-refractivity contribution is 7.49. The molecule has 21 nitrogen and oxygen atoms in total. The molecule has 2 saturated heterocycles. The number of para-hydroxylation sites is 2. The number of carbonyl (C=O) groups is 4. The van der Waals surface area contributed by atoms with Crippen LogP contribution in [0.4, 0.5) is 9.18 Å². The van der Waals surface area contributed by atoms with E-state index < -0.39 is 129 Å². The van der Waals surface area contributed by atoms with E-state index >= 15 is 18.5 Å². The maximum Gasteiger partial charge on any atom is 0.588 e. The second kappa shape index (κ2) is 70.0. The van der Waals surface area contributed by atoms with Gasteiger partial charge >= 0.3 is 25.9 Å². The Kier molecular flexibility index (Phi) is 59.1. The SMILES string of the molecule is CCCCCCCCCCCCCC(=O)O[C@H](CCCCCCCCCCC)CCO[C@@H]1[C@@H](NC(=O)OCC(Cl)(Cl)Cl)[C@H](OC[C@H]2O[C@H](C(=O)OC(c3ccccc3)c3ccccc3)[C@H](NC(=O)C[C@@H](CCCCCCCCCCC)OCc3ccccc3)[C@@H](OCC[C@@H](CCCCCCCCCCC)OCc3ccccc3)[C@@H]2O)O[C@H](CF)[C@H]1OP(=O)(Oc1ccccc1)Oc1ccccc1. The van der Waals surface area contributed by atoms with Gasteiger partial charge in [0.15, 0.2) is 18.5 Å². The first-order chi connectivity index (χ1) is 66.9. The number of ether oxygens (including phenoxy) is 10. The van der Waals surface area contributed by atoms with Crippen molar-refractivity contribution >= 4 is 66.6 Å². The normalized spacial score (nSPS) is 19.1. The van der Waals surface area contributed by atoms with Crippen molar-refractivity contribution in [2.45, 2.75) is 419 Å². The van der Waals surface area contributed by atoms with Crippen LogP contribution in [0.25, 0.3) is 0 Å². The van der Waals surface area contributed by atoms with Crippen molar-refractivity contribution in [1.29, 1.82) is 0 Å². The van der Waals surface area contributed by atoms with E-state index in [-0.39, 0.29) is 62.7 Å². The third-order valence-electron chi connectivity index (χ3n) is 25.5. The zero-order valence-corrected chi connectivity index (χ0v) is 85.6. The summed E-state index contributed by atoms with van der Waals surface area (Å²) in [6.07, 6.45) is 25.9. The minimum absolute atomic E-state index is 0.0397. The Hall–Kier alpha value is -6.73. The Morgan fingerprint density at radius 1 is 0.431 bits per heavy atom. The van der Waals surface area contributed by atoms with Crippen LogP contribution in [-0.2, 0) is 84.1 Å². The average molecular weight is 1990 g/mol. The zero-order chi connectivity index (χ0) is 97.4. The Bertz CT molecular complexity index is 4040. The molecule has 0 saturated carbocycles. The molecule has 2 aliphatic heterocycles. The van der Waals surface area contributed by atoms with Gasteiger partial charge in [-0.05, 0) is 85.0 Å². The topological polar surface area (TPSA) is 250 Å². The number of halogens is 4. The summed E-state index contributed by atoms with van der Waals surface area (Å²) in [7, 11) is -5.08. The molecule has 2 aliphatic rings. The average Bonchev–Trinajstić information content (AvgIpc) is 0.772. The molecule has 2 fully saturated rings. The molecule has 0 radical (unpaired) electrons. The van der Waals surface area contributed by atoms with Crippen LogP contribution in [0.3, 0.4) is 0 Å². The summed E-state index contributed by atoms with van der Waals surface area (Å²) in [6, 6.07) is 51.0. The van der Waals surface area contributed by atoms with E-state index in [1.165, 1.54) is 140 Å². The fourth-order valence-corrected chi connectivity index (χ4v) is 19.4. The Morgan fingerprint density at radius 2 is 0.825 bits per heavy atom. The molecule has 0 spiro atoms. The smallest absolute Gasteiger partial charge is 0.462 e. The van der Waals surface area contributed by atoms with Crippen LogP contribution in [0.15, 0.2) is 182 Å². The first-order valence-electron chi connectivity index (χ1n) is 52.2. The van der Waals surface area contributed by atoms with E-state index in [9.17, 15) is 14.7 Å². The van der Waals surface area contributed by atoms with Crippen molar-refractivity contribution in [2.24, 2.45) is 0 Å². The zero-order valence-electron chi connectivity index (χ0n) is 82.4. The van der Waals surface area contributed by atoms with E-state index in [0.29, 0.717) is 49.8 Å². The molecule has 0 unspecified atom stereocenters. The number of phosphoric ester groups is 1. The number of hydrogen-bond donors (Lipinski definition) is 3. The van der Waals surface area contributed by atoms with E-state index in [2.05, 4.69) is 38.3 Å². The highest BCUT2D eigenvalue weighted by Gasteiger charge is 2.56. The van der Waals surface area contributed by atoms with Crippen LogP contribution in [0.5, 0.6) is 11.5 Å². The molecule has 0 aromatic heterocycles. The third kappa shape index (κ3) is 47.8. The van der Waals surface area contributed by atoms with Gasteiger partial charge < -0.3 is 72.2 Å². The summed E-state index contributed by atoms with van der Waals surface area (Å²) in [5.74, 6) is -1.75. The summed E-state index contributed by atoms with van der Waals surface area (Å²) >= 11 is 18.8. The van der Waals surface area contributed by atoms with Gasteiger partial charge in [0.1, 0.15) is 73.6 Å². The number of aliphatic hydroxyl groups is 1. The number of unbranched alkanes of at least 4 members (excludes halogenated alkanes) is 34. The molecule has 0 aliphatic carbocycles. The number of alkyl halides is 4. The van der Waals surface area contributed by atoms with Gasteiger partial charge in [0.25, 0.3) is 0 Å². The number of alkyl carbamates (subject to hydrolysis) is 1. The molecule has 26 heteroatoms. The van der Waals surface area contributed by atoms with Crippen LogP contribution in [-0.4, -0.2) is 145 Å². The van der Waals surface area contributed by atoms with Crippen molar-refractivity contribution in [3.8, 4) is 11.5 Å². The van der Waals surface area contributed by atoms with Gasteiger partial charge in [-0.25, -0.2) is 18.5 Å². The summed E-state index contributed by atoms with van der Waals surface area (Å²) in [5, 5.41) is 19.5. The maximum absolute atomic E-state index is 17.0. The number of aliphatic hydroxyl groups excluding tert-OH is 1. The van der Waals surface area contributed by atoms with Crippen molar-refractivity contribution in [2.75, 3.05) is 33.1 Å². The summed E-state index contributed by atoms with van der Waals surface area (Å²) in [4.78, 5) is 60.7. The summed E-state index contributed by atoms with van der Waals surface area (Å²) in [6.45, 7) is 6.16. The first-order valence-corrected chi connectivity index (χ1v) is 54.8.